The number of nitrogens with zero attached hydrogens (tertiary/aromatic N) is 1. The Labute approximate surface area is 113 Å². The first-order chi connectivity index (χ1) is 9.38. The highest BCUT2D eigenvalue weighted by molar-refractivity contribution is 5.96. The molecule has 3 rings (SSSR count). The summed E-state index contributed by atoms with van der Waals surface area (Å²) in [4.78, 5) is 4.18. The summed E-state index contributed by atoms with van der Waals surface area (Å²) in [5.74, 6) is 0. The van der Waals surface area contributed by atoms with Gasteiger partial charge in [-0.15, -0.1) is 0 Å². The molecular weight excluding hydrogens is 232 g/mol. The molecule has 0 atom stereocenters. The van der Waals surface area contributed by atoms with Gasteiger partial charge in [-0.25, -0.2) is 0 Å². The van der Waals surface area contributed by atoms with Crippen molar-refractivity contribution in [1.82, 2.24) is 10.3 Å². The summed E-state index contributed by atoms with van der Waals surface area (Å²) in [6.45, 7) is 0.903. The Balaban J connectivity index is 2.08. The van der Waals surface area contributed by atoms with E-state index < -0.39 is 0 Å². The zero-order chi connectivity index (χ0) is 13.1. The number of hydrogen-bond donors (Lipinski definition) is 1. The van der Waals surface area contributed by atoms with E-state index in [-0.39, 0.29) is 0 Å². The first-order valence-corrected chi connectivity index (χ1v) is 6.45. The molecule has 1 aromatic heterocycles. The summed E-state index contributed by atoms with van der Waals surface area (Å²) in [5.41, 5.74) is 3.81. The van der Waals surface area contributed by atoms with Crippen molar-refractivity contribution in [2.24, 2.45) is 0 Å². The van der Waals surface area contributed by atoms with E-state index in [9.17, 15) is 0 Å². The number of benzene rings is 2. The summed E-state index contributed by atoms with van der Waals surface area (Å²) in [5, 5.41) is 5.59. The predicted molar refractivity (Wildman–Crippen MR) is 79.9 cm³/mol. The molecule has 0 bridgehead atoms. The predicted octanol–water partition coefficient (Wildman–Crippen LogP) is 3.62. The largest absolute Gasteiger partial charge is 0.316 e. The van der Waals surface area contributed by atoms with Gasteiger partial charge >= 0.3 is 0 Å². The van der Waals surface area contributed by atoms with Crippen LogP contribution < -0.4 is 5.32 Å². The van der Waals surface area contributed by atoms with Crippen molar-refractivity contribution in [3.05, 3.63) is 66.5 Å². The van der Waals surface area contributed by atoms with Crippen molar-refractivity contribution >= 4 is 10.8 Å². The SMILES string of the molecule is CNCc1ccc(-c2cccc3cnccc23)cc1. The maximum absolute atomic E-state index is 4.18. The number of aromatic nitrogens is 1. The van der Waals surface area contributed by atoms with Gasteiger partial charge in [0.05, 0.1) is 0 Å². The number of nitrogens with one attached hydrogen (secondary N) is 1. The third-order valence-electron chi connectivity index (χ3n) is 3.33. The second kappa shape index (κ2) is 5.21. The molecule has 0 amide bonds. The third kappa shape index (κ3) is 2.35. The molecule has 0 fully saturated rings. The van der Waals surface area contributed by atoms with Crippen molar-refractivity contribution in [3.63, 3.8) is 0 Å². The Morgan fingerprint density at radius 3 is 2.63 bits per heavy atom. The smallest absolute Gasteiger partial charge is 0.0346 e. The van der Waals surface area contributed by atoms with Gasteiger partial charge in [-0.05, 0) is 35.2 Å². The lowest BCUT2D eigenvalue weighted by Gasteiger charge is -2.07. The van der Waals surface area contributed by atoms with Gasteiger partial charge in [0.2, 0.25) is 0 Å². The molecule has 2 heteroatoms. The second-order valence-corrected chi connectivity index (χ2v) is 4.63. The summed E-state index contributed by atoms with van der Waals surface area (Å²) < 4.78 is 0. The summed E-state index contributed by atoms with van der Waals surface area (Å²) >= 11 is 0. The Kier molecular flexibility index (Phi) is 3.25. The van der Waals surface area contributed by atoms with Crippen LogP contribution in [-0.4, -0.2) is 12.0 Å². The van der Waals surface area contributed by atoms with E-state index in [4.69, 9.17) is 0 Å². The lowest BCUT2D eigenvalue weighted by atomic mass is 9.98. The highest BCUT2D eigenvalue weighted by atomic mass is 14.8. The van der Waals surface area contributed by atoms with Crippen molar-refractivity contribution in [3.8, 4) is 11.1 Å². The Morgan fingerprint density at radius 2 is 1.84 bits per heavy atom. The van der Waals surface area contributed by atoms with Crippen LogP contribution in [0.2, 0.25) is 0 Å². The number of hydrogen-bond acceptors (Lipinski definition) is 2. The minimum atomic E-state index is 0.903. The van der Waals surface area contributed by atoms with Crippen LogP contribution in [0.5, 0.6) is 0 Å². The van der Waals surface area contributed by atoms with Gasteiger partial charge in [0.1, 0.15) is 0 Å². The highest BCUT2D eigenvalue weighted by Gasteiger charge is 2.03. The van der Waals surface area contributed by atoms with E-state index in [0.717, 1.165) is 6.54 Å². The first-order valence-electron chi connectivity index (χ1n) is 6.45. The molecule has 0 radical (unpaired) electrons. The second-order valence-electron chi connectivity index (χ2n) is 4.63. The van der Waals surface area contributed by atoms with Crippen LogP contribution in [0, 0.1) is 0 Å². The van der Waals surface area contributed by atoms with Crippen molar-refractivity contribution in [1.29, 1.82) is 0 Å². The van der Waals surface area contributed by atoms with Crippen LogP contribution in [0.25, 0.3) is 21.9 Å². The summed E-state index contributed by atoms with van der Waals surface area (Å²) in [7, 11) is 1.96. The zero-order valence-electron chi connectivity index (χ0n) is 10.9. The van der Waals surface area contributed by atoms with Gasteiger partial charge in [0.25, 0.3) is 0 Å². The first kappa shape index (κ1) is 11.9. The topological polar surface area (TPSA) is 24.9 Å². The molecule has 2 nitrogen and oxygen atoms in total. The van der Waals surface area contributed by atoms with Gasteiger partial charge in [0, 0.05) is 24.3 Å². The van der Waals surface area contributed by atoms with Crippen LogP contribution in [0.3, 0.4) is 0 Å². The standard InChI is InChI=1S/C17H16N2/c1-18-11-13-5-7-14(8-6-13)16-4-2-3-15-12-19-10-9-17(15)16/h2-10,12,18H,11H2,1H3. The number of fused-ring (bicyclic) bond motifs is 1. The molecule has 3 aromatic rings. The van der Waals surface area contributed by atoms with Crippen LogP contribution in [0.15, 0.2) is 60.9 Å². The fourth-order valence-electron chi connectivity index (χ4n) is 2.38. The van der Waals surface area contributed by atoms with E-state index >= 15 is 0 Å². The molecule has 0 aliphatic carbocycles. The molecule has 1 heterocycles. The molecule has 0 unspecified atom stereocenters. The van der Waals surface area contributed by atoms with Gasteiger partial charge in [-0.1, -0.05) is 42.5 Å². The maximum atomic E-state index is 4.18. The van der Waals surface area contributed by atoms with Gasteiger partial charge in [-0.2, -0.15) is 0 Å². The van der Waals surface area contributed by atoms with Gasteiger partial charge in [-0.3, -0.25) is 4.98 Å². The molecule has 19 heavy (non-hydrogen) atoms. The number of rotatable bonds is 3. The fourth-order valence-corrected chi connectivity index (χ4v) is 2.38. The summed E-state index contributed by atoms with van der Waals surface area (Å²) in [6, 6.07) is 17.1. The van der Waals surface area contributed by atoms with E-state index in [1.165, 1.54) is 27.5 Å². The van der Waals surface area contributed by atoms with Gasteiger partial charge < -0.3 is 5.32 Å². The molecule has 0 spiro atoms. The van der Waals surface area contributed by atoms with Crippen LogP contribution in [-0.2, 0) is 6.54 Å². The average molecular weight is 248 g/mol. The van der Waals surface area contributed by atoms with Gasteiger partial charge in [0.15, 0.2) is 0 Å². The molecule has 1 N–H and O–H groups in total. The van der Waals surface area contributed by atoms with Crippen LogP contribution >= 0.6 is 0 Å². The monoisotopic (exact) mass is 248 g/mol. The number of pyridine rings is 1. The van der Waals surface area contributed by atoms with Crippen molar-refractivity contribution < 1.29 is 0 Å². The quantitative estimate of drug-likeness (QED) is 0.765. The molecule has 0 saturated carbocycles. The van der Waals surface area contributed by atoms with Crippen molar-refractivity contribution in [2.75, 3.05) is 7.05 Å². The minimum Gasteiger partial charge on any atom is -0.316 e. The van der Waals surface area contributed by atoms with Crippen LogP contribution in [0.1, 0.15) is 5.56 Å². The van der Waals surface area contributed by atoms with E-state index in [2.05, 4.69) is 58.8 Å². The highest BCUT2D eigenvalue weighted by Crippen LogP contribution is 2.28. The maximum Gasteiger partial charge on any atom is 0.0346 e. The normalized spacial score (nSPS) is 10.8. The lowest BCUT2D eigenvalue weighted by molar-refractivity contribution is 0.818. The van der Waals surface area contributed by atoms with E-state index in [1.54, 1.807) is 0 Å². The van der Waals surface area contributed by atoms with E-state index in [0.29, 0.717) is 0 Å². The molecule has 0 saturated heterocycles. The molecule has 0 aliphatic heterocycles. The summed E-state index contributed by atoms with van der Waals surface area (Å²) in [6.07, 6.45) is 3.76. The Morgan fingerprint density at radius 1 is 1.00 bits per heavy atom. The van der Waals surface area contributed by atoms with Crippen LogP contribution in [0.4, 0.5) is 0 Å². The average Bonchev–Trinajstić information content (AvgIpc) is 2.48. The fraction of sp³-hybridized carbons (Fsp3) is 0.118. The molecular formula is C17H16N2. The molecule has 94 valence electrons. The molecule has 0 aliphatic rings. The zero-order valence-corrected chi connectivity index (χ0v) is 10.9. The Hall–Kier alpha value is -2.19. The van der Waals surface area contributed by atoms with Crippen molar-refractivity contribution in [2.45, 2.75) is 6.54 Å². The third-order valence-corrected chi connectivity index (χ3v) is 3.33. The lowest BCUT2D eigenvalue weighted by Crippen LogP contribution is -2.04. The van der Waals surface area contributed by atoms with E-state index in [1.807, 2.05) is 19.4 Å². The molecule has 2 aromatic carbocycles. The Bertz CT molecular complexity index is 682. The minimum absolute atomic E-state index is 0.903.